The lowest BCUT2D eigenvalue weighted by Gasteiger charge is -2.14. The molecular weight excluding hydrogens is 385 g/mol. The lowest BCUT2D eigenvalue weighted by Crippen LogP contribution is -2.38. The van der Waals surface area contributed by atoms with E-state index in [1.165, 1.54) is 0 Å². The Hall–Kier alpha value is -1.25. The van der Waals surface area contributed by atoms with E-state index in [9.17, 15) is 14.7 Å². The van der Waals surface area contributed by atoms with E-state index in [-0.39, 0.29) is 19.8 Å². The molecule has 1 aromatic rings. The fraction of sp³-hybridized carbons (Fsp3) is 0.429. The zero-order chi connectivity index (χ0) is 18.0. The standard InChI is InChI=1S/C14H16Cl3NO6/c15-14(16,17)8-22-9-24-12(20)11(19)6-18-13(21)23-7-10-4-2-1-3-5-10/h1-5,11,19H,6-9H2,(H,18,21). The number of rotatable bonds is 8. The maximum atomic E-state index is 11.4. The van der Waals surface area contributed by atoms with Crippen LogP contribution in [0.15, 0.2) is 30.3 Å². The van der Waals surface area contributed by atoms with Gasteiger partial charge in [-0.2, -0.15) is 0 Å². The highest BCUT2D eigenvalue weighted by Gasteiger charge is 2.21. The molecular formula is C14H16Cl3NO6. The van der Waals surface area contributed by atoms with Crippen molar-refractivity contribution in [2.75, 3.05) is 19.9 Å². The first-order chi connectivity index (χ1) is 11.3. The van der Waals surface area contributed by atoms with Gasteiger partial charge in [-0.3, -0.25) is 0 Å². The maximum Gasteiger partial charge on any atom is 0.407 e. The van der Waals surface area contributed by atoms with Gasteiger partial charge in [0.1, 0.15) is 6.61 Å². The SMILES string of the molecule is O=C(NCC(O)C(=O)OCOCC(Cl)(Cl)Cl)OCc1ccccc1. The van der Waals surface area contributed by atoms with Crippen LogP contribution >= 0.6 is 34.8 Å². The number of alkyl carbamates (subject to hydrolysis) is 1. The van der Waals surface area contributed by atoms with E-state index in [2.05, 4.69) is 10.1 Å². The van der Waals surface area contributed by atoms with Crippen molar-refractivity contribution in [1.29, 1.82) is 0 Å². The monoisotopic (exact) mass is 399 g/mol. The van der Waals surface area contributed by atoms with E-state index in [1.54, 1.807) is 24.3 Å². The molecule has 0 fully saturated rings. The summed E-state index contributed by atoms with van der Waals surface area (Å²) in [6, 6.07) is 9.03. The molecule has 0 heterocycles. The molecule has 1 aromatic carbocycles. The van der Waals surface area contributed by atoms with E-state index in [0.29, 0.717) is 0 Å². The van der Waals surface area contributed by atoms with Crippen LogP contribution in [0.5, 0.6) is 0 Å². The predicted molar refractivity (Wildman–Crippen MR) is 87.8 cm³/mol. The Morgan fingerprint density at radius 3 is 2.46 bits per heavy atom. The number of esters is 1. The Kier molecular flexibility index (Phi) is 9.17. The number of amides is 1. The summed E-state index contributed by atoms with van der Waals surface area (Å²) in [7, 11) is 0. The molecule has 0 aliphatic rings. The summed E-state index contributed by atoms with van der Waals surface area (Å²) in [5, 5.41) is 11.8. The van der Waals surface area contributed by atoms with Gasteiger partial charge >= 0.3 is 12.1 Å². The van der Waals surface area contributed by atoms with Gasteiger partial charge in [0.25, 0.3) is 0 Å². The second-order valence-corrected chi connectivity index (χ2v) is 7.02. The van der Waals surface area contributed by atoms with Gasteiger partial charge in [0, 0.05) is 0 Å². The molecule has 0 aliphatic heterocycles. The third kappa shape index (κ3) is 9.79. The molecule has 1 unspecified atom stereocenters. The van der Waals surface area contributed by atoms with Crippen LogP contribution in [-0.2, 0) is 25.6 Å². The van der Waals surface area contributed by atoms with Gasteiger partial charge in [-0.15, -0.1) is 0 Å². The Morgan fingerprint density at radius 2 is 1.83 bits per heavy atom. The number of ether oxygens (including phenoxy) is 3. The first-order valence-electron chi connectivity index (χ1n) is 6.71. The topological polar surface area (TPSA) is 94.1 Å². The van der Waals surface area contributed by atoms with Crippen molar-refractivity contribution in [3.05, 3.63) is 35.9 Å². The third-order valence-corrected chi connectivity index (χ3v) is 2.80. The molecule has 0 saturated heterocycles. The van der Waals surface area contributed by atoms with E-state index >= 15 is 0 Å². The first-order valence-corrected chi connectivity index (χ1v) is 7.85. The van der Waals surface area contributed by atoms with Crippen molar-refractivity contribution >= 4 is 46.9 Å². The lowest BCUT2D eigenvalue weighted by atomic mass is 10.2. The Bertz CT molecular complexity index is 523. The normalized spacial score (nSPS) is 12.3. The van der Waals surface area contributed by atoms with E-state index in [0.717, 1.165) is 5.56 Å². The van der Waals surface area contributed by atoms with Crippen molar-refractivity contribution in [1.82, 2.24) is 5.32 Å². The van der Waals surface area contributed by atoms with Gasteiger partial charge in [0.2, 0.25) is 3.79 Å². The second kappa shape index (κ2) is 10.6. The summed E-state index contributed by atoms with van der Waals surface area (Å²) in [5.41, 5.74) is 0.804. The number of benzene rings is 1. The van der Waals surface area contributed by atoms with E-state index in [1.807, 2.05) is 6.07 Å². The van der Waals surface area contributed by atoms with E-state index in [4.69, 9.17) is 44.3 Å². The number of aliphatic hydroxyl groups excluding tert-OH is 1. The minimum atomic E-state index is -1.63. The molecule has 0 saturated carbocycles. The Morgan fingerprint density at radius 1 is 1.17 bits per heavy atom. The van der Waals surface area contributed by atoms with Gasteiger partial charge < -0.3 is 24.6 Å². The number of aliphatic hydroxyl groups is 1. The van der Waals surface area contributed by atoms with Gasteiger partial charge in [-0.25, -0.2) is 9.59 Å². The van der Waals surface area contributed by atoms with Crippen molar-refractivity contribution < 1.29 is 28.9 Å². The first kappa shape index (κ1) is 20.8. The quantitative estimate of drug-likeness (QED) is 0.301. The van der Waals surface area contributed by atoms with Crippen molar-refractivity contribution in [2.45, 2.75) is 16.5 Å². The number of alkyl halides is 3. The van der Waals surface area contributed by atoms with Crippen molar-refractivity contribution in [2.24, 2.45) is 0 Å². The Balaban J connectivity index is 2.16. The molecule has 10 heteroatoms. The number of nitrogens with one attached hydrogen (secondary N) is 1. The fourth-order valence-corrected chi connectivity index (χ4v) is 1.62. The molecule has 0 aliphatic carbocycles. The van der Waals surface area contributed by atoms with Crippen LogP contribution in [0.4, 0.5) is 4.79 Å². The molecule has 24 heavy (non-hydrogen) atoms. The van der Waals surface area contributed by atoms with Gasteiger partial charge in [0.15, 0.2) is 12.9 Å². The molecule has 7 nitrogen and oxygen atoms in total. The summed E-state index contributed by atoms with van der Waals surface area (Å²) in [6.07, 6.45) is -2.36. The van der Waals surface area contributed by atoms with Crippen LogP contribution in [0.2, 0.25) is 0 Å². The van der Waals surface area contributed by atoms with Crippen molar-refractivity contribution in [3.8, 4) is 0 Å². The number of carbonyl (C=O) groups is 2. The second-order valence-electron chi connectivity index (χ2n) is 4.50. The lowest BCUT2D eigenvalue weighted by molar-refractivity contribution is -0.165. The zero-order valence-electron chi connectivity index (χ0n) is 12.4. The zero-order valence-corrected chi connectivity index (χ0v) is 14.7. The van der Waals surface area contributed by atoms with E-state index < -0.39 is 28.8 Å². The molecule has 1 rings (SSSR count). The highest BCUT2D eigenvalue weighted by atomic mass is 35.6. The summed E-state index contributed by atoms with van der Waals surface area (Å²) in [4.78, 5) is 22.9. The average Bonchev–Trinajstić information content (AvgIpc) is 2.54. The Labute approximate surface area is 153 Å². The highest BCUT2D eigenvalue weighted by molar-refractivity contribution is 6.67. The molecule has 0 radical (unpaired) electrons. The number of carbonyl (C=O) groups excluding carboxylic acids is 2. The minimum absolute atomic E-state index is 0.0675. The summed E-state index contributed by atoms with van der Waals surface area (Å²) in [6.45, 7) is -1.09. The minimum Gasteiger partial charge on any atom is -0.445 e. The van der Waals surface area contributed by atoms with Gasteiger partial charge in [-0.05, 0) is 5.56 Å². The van der Waals surface area contributed by atoms with Gasteiger partial charge in [-0.1, -0.05) is 65.1 Å². The third-order valence-electron chi connectivity index (χ3n) is 2.47. The van der Waals surface area contributed by atoms with Crippen molar-refractivity contribution in [3.63, 3.8) is 0 Å². The fourth-order valence-electron chi connectivity index (χ4n) is 1.39. The van der Waals surface area contributed by atoms with Crippen LogP contribution in [0.1, 0.15) is 5.56 Å². The predicted octanol–water partition coefficient (Wildman–Crippen LogP) is 2.16. The average molecular weight is 401 g/mol. The molecule has 2 N–H and O–H groups in total. The summed E-state index contributed by atoms with van der Waals surface area (Å²) >= 11 is 16.3. The van der Waals surface area contributed by atoms with Gasteiger partial charge in [0.05, 0.1) is 13.2 Å². The van der Waals surface area contributed by atoms with Crippen LogP contribution in [0, 0.1) is 0 Å². The largest absolute Gasteiger partial charge is 0.445 e. The van der Waals surface area contributed by atoms with Crippen LogP contribution in [0.3, 0.4) is 0 Å². The number of hydrogen-bond acceptors (Lipinski definition) is 6. The number of hydrogen-bond donors (Lipinski definition) is 2. The maximum absolute atomic E-state index is 11.4. The van der Waals surface area contributed by atoms with Crippen LogP contribution in [0.25, 0.3) is 0 Å². The van der Waals surface area contributed by atoms with Crippen LogP contribution < -0.4 is 5.32 Å². The van der Waals surface area contributed by atoms with Crippen LogP contribution in [-0.4, -0.2) is 47.0 Å². The molecule has 134 valence electrons. The molecule has 1 amide bonds. The summed E-state index contributed by atoms with van der Waals surface area (Å²) in [5.74, 6) is -0.998. The summed E-state index contributed by atoms with van der Waals surface area (Å²) < 4.78 is 12.6. The highest BCUT2D eigenvalue weighted by Crippen LogP contribution is 2.25. The molecule has 1 atom stereocenters. The smallest absolute Gasteiger partial charge is 0.407 e. The molecule has 0 bridgehead atoms. The molecule has 0 aromatic heterocycles. The number of halogens is 3. The molecule has 0 spiro atoms.